The quantitative estimate of drug-likeness (QED) is 0.623. The Kier molecular flexibility index (Phi) is 4.52. The van der Waals surface area contributed by atoms with Gasteiger partial charge in [0, 0.05) is 12.0 Å². The average Bonchev–Trinajstić information content (AvgIpc) is 2.26. The largest absolute Gasteiger partial charge is 0.423 e. The number of rotatable bonds is 4. The Morgan fingerprint density at radius 1 is 1.30 bits per heavy atom. The summed E-state index contributed by atoms with van der Waals surface area (Å²) in [6.45, 7) is 4.71. The molecule has 0 heterocycles. The third kappa shape index (κ3) is 3.34. The lowest BCUT2D eigenvalue weighted by Crippen LogP contribution is -2.17. The monoisotopic (exact) mass is 289 g/mol. The average molecular weight is 289 g/mol. The molecule has 110 valence electrons. The van der Waals surface area contributed by atoms with Crippen molar-refractivity contribution in [1.82, 2.24) is 0 Å². The summed E-state index contributed by atoms with van der Waals surface area (Å²) in [5, 5.41) is 10.7. The highest BCUT2D eigenvalue weighted by molar-refractivity contribution is 5.83. The SMILES string of the molecule is CC(=O)C(c1ccc([N+](=O)[O-])c(C(F)(F)F)c1)C(C)C. The summed E-state index contributed by atoms with van der Waals surface area (Å²) in [6.07, 6.45) is -4.84. The number of hydrogen-bond acceptors (Lipinski definition) is 3. The lowest BCUT2D eigenvalue weighted by molar-refractivity contribution is -0.388. The molecule has 0 N–H and O–H groups in total. The van der Waals surface area contributed by atoms with Crippen LogP contribution in [0.25, 0.3) is 0 Å². The number of halogens is 3. The van der Waals surface area contributed by atoms with Crippen LogP contribution < -0.4 is 0 Å². The normalized spacial score (nSPS) is 13.3. The third-order valence-corrected chi connectivity index (χ3v) is 2.99. The summed E-state index contributed by atoms with van der Waals surface area (Å²) in [4.78, 5) is 21.1. The molecule has 4 nitrogen and oxygen atoms in total. The first-order valence-corrected chi connectivity index (χ1v) is 5.91. The molecule has 0 spiro atoms. The van der Waals surface area contributed by atoms with E-state index in [0.29, 0.717) is 6.07 Å². The van der Waals surface area contributed by atoms with Gasteiger partial charge in [-0.15, -0.1) is 0 Å². The second-order valence-electron chi connectivity index (χ2n) is 4.86. The summed E-state index contributed by atoms with van der Waals surface area (Å²) in [5.74, 6) is -1.19. The predicted molar refractivity (Wildman–Crippen MR) is 66.4 cm³/mol. The number of carbonyl (C=O) groups excluding carboxylic acids is 1. The summed E-state index contributed by atoms with van der Waals surface area (Å²) in [6, 6.07) is 2.71. The Morgan fingerprint density at radius 3 is 2.20 bits per heavy atom. The van der Waals surface area contributed by atoms with E-state index >= 15 is 0 Å². The summed E-state index contributed by atoms with van der Waals surface area (Å²) >= 11 is 0. The molecule has 0 aliphatic carbocycles. The number of ketones is 1. The molecule has 1 rings (SSSR count). The van der Waals surface area contributed by atoms with Crippen molar-refractivity contribution in [2.45, 2.75) is 32.9 Å². The highest BCUT2D eigenvalue weighted by Crippen LogP contribution is 2.38. The number of benzene rings is 1. The fourth-order valence-corrected chi connectivity index (χ4v) is 2.22. The molecule has 0 aromatic heterocycles. The van der Waals surface area contributed by atoms with Crippen molar-refractivity contribution < 1.29 is 22.9 Å². The maximum atomic E-state index is 12.9. The lowest BCUT2D eigenvalue weighted by Gasteiger charge is -2.19. The van der Waals surface area contributed by atoms with E-state index in [9.17, 15) is 28.1 Å². The van der Waals surface area contributed by atoms with Crippen LogP contribution in [0.4, 0.5) is 18.9 Å². The van der Waals surface area contributed by atoms with Gasteiger partial charge in [-0.3, -0.25) is 14.9 Å². The van der Waals surface area contributed by atoms with Crippen LogP contribution in [0.15, 0.2) is 18.2 Å². The van der Waals surface area contributed by atoms with Gasteiger partial charge < -0.3 is 0 Å². The zero-order chi connectivity index (χ0) is 15.7. The van der Waals surface area contributed by atoms with Gasteiger partial charge in [-0.1, -0.05) is 19.9 Å². The minimum atomic E-state index is -4.84. The van der Waals surface area contributed by atoms with Crippen LogP contribution >= 0.6 is 0 Å². The first kappa shape index (κ1) is 16.1. The molecule has 1 aromatic rings. The van der Waals surface area contributed by atoms with Gasteiger partial charge in [0.25, 0.3) is 5.69 Å². The van der Waals surface area contributed by atoms with E-state index in [1.54, 1.807) is 13.8 Å². The van der Waals surface area contributed by atoms with Gasteiger partial charge in [0.2, 0.25) is 0 Å². The molecule has 0 aliphatic rings. The molecule has 0 radical (unpaired) electrons. The number of hydrogen-bond donors (Lipinski definition) is 0. The number of carbonyl (C=O) groups is 1. The molecule has 20 heavy (non-hydrogen) atoms. The van der Waals surface area contributed by atoms with Crippen molar-refractivity contribution in [2.75, 3.05) is 0 Å². The van der Waals surface area contributed by atoms with Crippen LogP contribution in [-0.2, 0) is 11.0 Å². The number of nitro groups is 1. The molecular weight excluding hydrogens is 275 g/mol. The van der Waals surface area contributed by atoms with Gasteiger partial charge in [0.15, 0.2) is 0 Å². The summed E-state index contributed by atoms with van der Waals surface area (Å²) in [7, 11) is 0. The molecule has 7 heteroatoms. The van der Waals surface area contributed by atoms with Crippen LogP contribution in [0.2, 0.25) is 0 Å². The predicted octanol–water partition coefficient (Wildman–Crippen LogP) is 3.94. The first-order valence-electron chi connectivity index (χ1n) is 5.91. The summed E-state index contributed by atoms with van der Waals surface area (Å²) < 4.78 is 38.6. The van der Waals surface area contributed by atoms with Crippen molar-refractivity contribution in [1.29, 1.82) is 0 Å². The minimum absolute atomic E-state index is 0.144. The highest BCUT2D eigenvalue weighted by atomic mass is 19.4. The van der Waals surface area contributed by atoms with Gasteiger partial charge in [-0.25, -0.2) is 0 Å². The zero-order valence-corrected chi connectivity index (χ0v) is 11.2. The van der Waals surface area contributed by atoms with E-state index in [1.165, 1.54) is 13.0 Å². The van der Waals surface area contributed by atoms with Gasteiger partial charge in [-0.05, 0) is 24.5 Å². The Hall–Kier alpha value is -1.92. The Balaban J connectivity index is 3.46. The molecule has 1 atom stereocenters. The second kappa shape index (κ2) is 5.60. The molecule has 0 saturated carbocycles. The number of nitro benzene ring substituents is 1. The highest BCUT2D eigenvalue weighted by Gasteiger charge is 2.39. The van der Waals surface area contributed by atoms with Crippen molar-refractivity contribution >= 4 is 11.5 Å². The molecule has 1 aromatic carbocycles. The maximum Gasteiger partial charge on any atom is 0.423 e. The fraction of sp³-hybridized carbons (Fsp3) is 0.462. The molecular formula is C13H14F3NO3. The van der Waals surface area contributed by atoms with E-state index in [2.05, 4.69) is 0 Å². The standard InChI is InChI=1S/C13H14F3NO3/c1-7(2)12(8(3)18)9-4-5-11(17(19)20)10(6-9)13(14,15)16/h4-7,12H,1-3H3. The van der Waals surface area contributed by atoms with Crippen LogP contribution in [0.1, 0.15) is 37.8 Å². The van der Waals surface area contributed by atoms with Crippen LogP contribution in [-0.4, -0.2) is 10.7 Å². The first-order chi connectivity index (χ1) is 9.05. The molecule has 0 amide bonds. The van der Waals surface area contributed by atoms with E-state index in [0.717, 1.165) is 6.07 Å². The number of nitrogens with zero attached hydrogens (tertiary/aromatic N) is 1. The Morgan fingerprint density at radius 2 is 1.85 bits per heavy atom. The van der Waals surface area contributed by atoms with E-state index in [-0.39, 0.29) is 17.3 Å². The fourth-order valence-electron chi connectivity index (χ4n) is 2.22. The third-order valence-electron chi connectivity index (χ3n) is 2.99. The van der Waals surface area contributed by atoms with Crippen LogP contribution in [0, 0.1) is 16.0 Å². The van der Waals surface area contributed by atoms with Crippen molar-refractivity contribution in [2.24, 2.45) is 5.92 Å². The topological polar surface area (TPSA) is 60.2 Å². The molecule has 0 saturated heterocycles. The Labute approximate surface area is 113 Å². The minimum Gasteiger partial charge on any atom is -0.299 e. The molecule has 0 bridgehead atoms. The van der Waals surface area contributed by atoms with E-state index in [4.69, 9.17) is 0 Å². The van der Waals surface area contributed by atoms with Gasteiger partial charge >= 0.3 is 6.18 Å². The Bertz CT molecular complexity index is 538. The van der Waals surface area contributed by atoms with Crippen LogP contribution in [0.3, 0.4) is 0 Å². The van der Waals surface area contributed by atoms with Crippen molar-refractivity contribution in [3.8, 4) is 0 Å². The van der Waals surface area contributed by atoms with Crippen LogP contribution in [0.5, 0.6) is 0 Å². The van der Waals surface area contributed by atoms with Crippen molar-refractivity contribution in [3.63, 3.8) is 0 Å². The lowest BCUT2D eigenvalue weighted by atomic mass is 9.84. The molecule has 0 fully saturated rings. The molecule has 1 unspecified atom stereocenters. The number of alkyl halides is 3. The van der Waals surface area contributed by atoms with Gasteiger partial charge in [-0.2, -0.15) is 13.2 Å². The molecule has 0 aliphatic heterocycles. The van der Waals surface area contributed by atoms with Crippen molar-refractivity contribution in [3.05, 3.63) is 39.4 Å². The maximum absolute atomic E-state index is 12.9. The van der Waals surface area contributed by atoms with Gasteiger partial charge in [0.05, 0.1) is 4.92 Å². The summed E-state index contributed by atoms with van der Waals surface area (Å²) in [5.41, 5.74) is -2.19. The van der Waals surface area contributed by atoms with E-state index < -0.39 is 28.3 Å². The smallest absolute Gasteiger partial charge is 0.299 e. The van der Waals surface area contributed by atoms with E-state index in [1.807, 2.05) is 0 Å². The zero-order valence-electron chi connectivity index (χ0n) is 11.2. The number of Topliss-reactive ketones (excluding diaryl/α,β-unsaturated/α-hetero) is 1. The second-order valence-corrected chi connectivity index (χ2v) is 4.86. The van der Waals surface area contributed by atoms with Gasteiger partial charge in [0.1, 0.15) is 11.3 Å².